The molecule has 0 bridgehead atoms. The lowest BCUT2D eigenvalue weighted by atomic mass is 10.0. The molecule has 0 saturated carbocycles. The van der Waals surface area contributed by atoms with Gasteiger partial charge < -0.3 is 33.8 Å². The number of carbonyl (C=O) groups excluding carboxylic acids is 4. The Morgan fingerprint density at radius 2 is 0.552 bits per heavy atom. The van der Waals surface area contributed by atoms with E-state index in [9.17, 15) is 43.2 Å². The summed E-state index contributed by atoms with van der Waals surface area (Å²) in [7, 11) is -9.93. The standard InChI is InChI=1S/C77H140O17P2/c1-5-9-13-17-21-25-29-31-33-34-35-36-38-39-43-46-50-54-58-62-75(80)88-68-73(94-77(82)64-60-56-52-48-44-40-37-32-30-26-22-18-14-10-6-2)70-92-96(85,86)90-66-71(78)65-89-95(83,84)91-69-72(93-76(81)63-59-55-51-47-42-28-24-20-16-12-8-4)67-87-74(79)61-57-53-49-45-41-27-23-19-15-11-7-3/h9,13,19,21,23,25,31,33,35-36,71-73,78H,5-8,10-12,14-18,20,22,24,26-30,32,34,37-70H2,1-4H3,(H,83,84)(H,85,86)/b13-9-,23-19-,25-21-,33-31-,36-35-. The number of rotatable bonds is 73. The minimum atomic E-state index is -4.97. The van der Waals surface area contributed by atoms with Crippen LogP contribution in [0.15, 0.2) is 60.8 Å². The Morgan fingerprint density at radius 3 is 0.875 bits per heavy atom. The van der Waals surface area contributed by atoms with Gasteiger partial charge in [0.25, 0.3) is 0 Å². The Kier molecular flexibility index (Phi) is 67.8. The van der Waals surface area contributed by atoms with Crippen LogP contribution in [0, 0.1) is 0 Å². The van der Waals surface area contributed by atoms with Crippen molar-refractivity contribution in [3.05, 3.63) is 60.8 Å². The van der Waals surface area contributed by atoms with Crippen LogP contribution in [0.25, 0.3) is 0 Å². The Labute approximate surface area is 584 Å². The maximum absolute atomic E-state index is 13.1. The summed E-state index contributed by atoms with van der Waals surface area (Å²) < 4.78 is 68.4. The van der Waals surface area contributed by atoms with E-state index in [0.717, 1.165) is 154 Å². The summed E-state index contributed by atoms with van der Waals surface area (Å²) in [5.74, 6) is -2.17. The van der Waals surface area contributed by atoms with Gasteiger partial charge in [-0.1, -0.05) is 300 Å². The van der Waals surface area contributed by atoms with Gasteiger partial charge in [0.15, 0.2) is 12.2 Å². The molecule has 0 heterocycles. The summed E-state index contributed by atoms with van der Waals surface area (Å²) in [6.45, 7) is 4.75. The van der Waals surface area contributed by atoms with Gasteiger partial charge in [-0.15, -0.1) is 0 Å². The van der Waals surface area contributed by atoms with E-state index in [0.29, 0.717) is 25.7 Å². The van der Waals surface area contributed by atoms with Crippen molar-refractivity contribution in [1.82, 2.24) is 0 Å². The molecule has 0 aliphatic heterocycles. The number of unbranched alkanes of at least 4 members (excludes halogenated alkanes) is 37. The van der Waals surface area contributed by atoms with E-state index in [2.05, 4.69) is 88.5 Å². The lowest BCUT2D eigenvalue weighted by Gasteiger charge is -2.21. The average Bonchev–Trinajstić information content (AvgIpc) is 1.41. The lowest BCUT2D eigenvalue weighted by molar-refractivity contribution is -0.161. The molecule has 5 unspecified atom stereocenters. The molecule has 3 N–H and O–H groups in total. The molecule has 0 spiro atoms. The zero-order valence-electron chi connectivity index (χ0n) is 61.1. The number of aliphatic hydroxyl groups excluding tert-OH is 1. The molecule has 0 aromatic carbocycles. The molecular formula is C77H140O17P2. The maximum Gasteiger partial charge on any atom is 0.472 e. The van der Waals surface area contributed by atoms with Crippen molar-refractivity contribution >= 4 is 39.5 Å². The molecule has 0 saturated heterocycles. The highest BCUT2D eigenvalue weighted by molar-refractivity contribution is 7.47. The van der Waals surface area contributed by atoms with Gasteiger partial charge in [-0.2, -0.15) is 0 Å². The van der Waals surface area contributed by atoms with E-state index in [1.54, 1.807) is 0 Å². The number of phosphoric ester groups is 2. The molecule has 17 nitrogen and oxygen atoms in total. The summed E-state index contributed by atoms with van der Waals surface area (Å²) >= 11 is 0. The van der Waals surface area contributed by atoms with Gasteiger partial charge in [0.1, 0.15) is 19.3 Å². The number of carbonyl (C=O) groups is 4. The normalized spacial score (nSPS) is 14.3. The number of aliphatic hydroxyl groups is 1. The van der Waals surface area contributed by atoms with Gasteiger partial charge in [0, 0.05) is 25.7 Å². The molecule has 5 atom stereocenters. The van der Waals surface area contributed by atoms with Crippen LogP contribution in [0.2, 0.25) is 0 Å². The molecule has 0 rings (SSSR count). The fourth-order valence-corrected chi connectivity index (χ4v) is 12.2. The molecule has 19 heteroatoms. The monoisotopic (exact) mass is 1400 g/mol. The third-order valence-electron chi connectivity index (χ3n) is 16.5. The molecular weight excluding hydrogens is 1260 g/mol. The number of hydrogen-bond donors (Lipinski definition) is 3. The quantitative estimate of drug-likeness (QED) is 0.0169. The first-order valence-corrected chi connectivity index (χ1v) is 41.5. The highest BCUT2D eigenvalue weighted by atomic mass is 31.2. The lowest BCUT2D eigenvalue weighted by Crippen LogP contribution is -2.30. The van der Waals surface area contributed by atoms with E-state index in [4.69, 9.17) is 37.0 Å². The first kappa shape index (κ1) is 92.8. The molecule has 0 aromatic heterocycles. The van der Waals surface area contributed by atoms with Crippen molar-refractivity contribution < 1.29 is 80.2 Å². The van der Waals surface area contributed by atoms with Crippen LogP contribution in [0.4, 0.5) is 0 Å². The number of hydrogen-bond acceptors (Lipinski definition) is 15. The molecule has 96 heavy (non-hydrogen) atoms. The van der Waals surface area contributed by atoms with E-state index in [-0.39, 0.29) is 25.7 Å². The molecule has 0 amide bonds. The molecule has 0 aromatic rings. The fourth-order valence-electron chi connectivity index (χ4n) is 10.6. The number of allylic oxidation sites excluding steroid dienone is 10. The van der Waals surface area contributed by atoms with Gasteiger partial charge >= 0.3 is 39.5 Å². The number of phosphoric acid groups is 2. The highest BCUT2D eigenvalue weighted by Crippen LogP contribution is 2.45. The van der Waals surface area contributed by atoms with Crippen molar-refractivity contribution in [2.24, 2.45) is 0 Å². The molecule has 0 fully saturated rings. The zero-order valence-corrected chi connectivity index (χ0v) is 62.8. The second-order valence-electron chi connectivity index (χ2n) is 25.9. The minimum absolute atomic E-state index is 0.0982. The minimum Gasteiger partial charge on any atom is -0.462 e. The second-order valence-corrected chi connectivity index (χ2v) is 28.8. The van der Waals surface area contributed by atoms with Gasteiger partial charge in [0.05, 0.1) is 26.4 Å². The number of esters is 4. The predicted molar refractivity (Wildman–Crippen MR) is 390 cm³/mol. The van der Waals surface area contributed by atoms with Crippen LogP contribution in [-0.4, -0.2) is 96.7 Å². The van der Waals surface area contributed by atoms with E-state index in [1.807, 2.05) is 0 Å². The van der Waals surface area contributed by atoms with Crippen LogP contribution >= 0.6 is 15.6 Å². The summed E-state index contributed by atoms with van der Waals surface area (Å²) in [6.07, 6.45) is 67.8. The van der Waals surface area contributed by atoms with Gasteiger partial charge in [-0.05, 0) is 83.5 Å². The topological polar surface area (TPSA) is 237 Å². The van der Waals surface area contributed by atoms with Crippen molar-refractivity contribution in [2.75, 3.05) is 39.6 Å². The van der Waals surface area contributed by atoms with Crippen LogP contribution in [0.5, 0.6) is 0 Å². The molecule has 0 radical (unpaired) electrons. The van der Waals surface area contributed by atoms with Gasteiger partial charge in [0.2, 0.25) is 0 Å². The van der Waals surface area contributed by atoms with Crippen molar-refractivity contribution in [3.8, 4) is 0 Å². The van der Waals surface area contributed by atoms with E-state index in [1.165, 1.54) is 116 Å². The van der Waals surface area contributed by atoms with Crippen LogP contribution < -0.4 is 0 Å². The maximum atomic E-state index is 13.1. The van der Waals surface area contributed by atoms with E-state index >= 15 is 0 Å². The third kappa shape index (κ3) is 69.2. The average molecular weight is 1400 g/mol. The Morgan fingerprint density at radius 1 is 0.302 bits per heavy atom. The van der Waals surface area contributed by atoms with Gasteiger partial charge in [-0.25, -0.2) is 9.13 Å². The summed E-state index contributed by atoms with van der Waals surface area (Å²) in [5, 5.41) is 10.6. The second kappa shape index (κ2) is 70.2. The summed E-state index contributed by atoms with van der Waals surface area (Å²) in [4.78, 5) is 72.8. The Balaban J connectivity index is 5.28. The molecule has 560 valence electrons. The first-order chi connectivity index (χ1) is 46.7. The Hall–Kier alpha value is -3.24. The van der Waals surface area contributed by atoms with Crippen LogP contribution in [0.1, 0.15) is 349 Å². The van der Waals surface area contributed by atoms with Crippen molar-refractivity contribution in [2.45, 2.75) is 367 Å². The smallest absolute Gasteiger partial charge is 0.462 e. The zero-order chi connectivity index (χ0) is 70.4. The third-order valence-corrected chi connectivity index (χ3v) is 18.4. The van der Waals surface area contributed by atoms with Gasteiger partial charge in [-0.3, -0.25) is 37.3 Å². The number of ether oxygens (including phenoxy) is 4. The van der Waals surface area contributed by atoms with Crippen molar-refractivity contribution in [3.63, 3.8) is 0 Å². The first-order valence-electron chi connectivity index (χ1n) is 38.5. The Bertz CT molecular complexity index is 2060. The molecule has 0 aliphatic carbocycles. The highest BCUT2D eigenvalue weighted by Gasteiger charge is 2.30. The summed E-state index contributed by atoms with van der Waals surface area (Å²) in [6, 6.07) is 0. The van der Waals surface area contributed by atoms with Crippen LogP contribution in [0.3, 0.4) is 0 Å². The largest absolute Gasteiger partial charge is 0.472 e. The predicted octanol–water partition coefficient (Wildman–Crippen LogP) is 21.9. The van der Waals surface area contributed by atoms with E-state index < -0.39 is 97.5 Å². The SMILES string of the molecule is CC/C=C\C/C=C\C/C=C\C/C=C\CCCCCCCCC(=O)OCC(COP(=O)(O)OCC(O)COP(=O)(O)OCC(COC(=O)CCCCCCC/C=C\CCCC)OC(=O)CCCCCCCCCCCCC)OC(=O)CCCCCCCCCCCCCCCCC. The molecule has 0 aliphatic rings. The summed E-state index contributed by atoms with van der Waals surface area (Å²) in [5.41, 5.74) is 0. The fraction of sp³-hybridized carbons (Fsp3) is 0.818. The van der Waals surface area contributed by atoms with Crippen LogP contribution in [-0.2, 0) is 65.4 Å². The van der Waals surface area contributed by atoms with Crippen molar-refractivity contribution in [1.29, 1.82) is 0 Å².